The maximum absolute atomic E-state index is 11.8. The molecule has 4 nitrogen and oxygen atoms in total. The zero-order valence-electron chi connectivity index (χ0n) is 8.60. The standard InChI is InChI=1S/C11H15N3O/c15-11-10-7-12-5-6-14(10)9-4-2-1-3-8(9)13-11/h2,4,7-10H,1,3,5-6H2,(H,13,15). The summed E-state index contributed by atoms with van der Waals surface area (Å²) in [6, 6.07) is 0.557. The summed E-state index contributed by atoms with van der Waals surface area (Å²) in [4.78, 5) is 18.3. The van der Waals surface area contributed by atoms with Gasteiger partial charge in [0.1, 0.15) is 6.04 Å². The molecule has 4 heteroatoms. The second-order valence-electron chi connectivity index (χ2n) is 4.35. The van der Waals surface area contributed by atoms with Gasteiger partial charge in [0.25, 0.3) is 0 Å². The van der Waals surface area contributed by atoms with Gasteiger partial charge in [0.05, 0.1) is 6.54 Å². The highest BCUT2D eigenvalue weighted by molar-refractivity contribution is 5.98. The van der Waals surface area contributed by atoms with Gasteiger partial charge < -0.3 is 5.32 Å². The van der Waals surface area contributed by atoms with Gasteiger partial charge in [0.15, 0.2) is 0 Å². The summed E-state index contributed by atoms with van der Waals surface area (Å²) in [6.07, 6.45) is 8.39. The molecule has 3 aliphatic rings. The van der Waals surface area contributed by atoms with Crippen LogP contribution < -0.4 is 5.32 Å². The summed E-state index contributed by atoms with van der Waals surface area (Å²) < 4.78 is 0. The number of nitrogens with zero attached hydrogens (tertiary/aromatic N) is 2. The topological polar surface area (TPSA) is 44.7 Å². The summed E-state index contributed by atoms with van der Waals surface area (Å²) in [5, 5.41) is 3.09. The first kappa shape index (κ1) is 9.09. The number of hydrogen-bond donors (Lipinski definition) is 1. The Balaban J connectivity index is 1.92. The summed E-state index contributed by atoms with van der Waals surface area (Å²) in [5.74, 6) is 0.120. The predicted octanol–water partition coefficient (Wildman–Crippen LogP) is -0.0416. The lowest BCUT2D eigenvalue weighted by Gasteiger charge is -2.46. The van der Waals surface area contributed by atoms with E-state index in [0.29, 0.717) is 12.1 Å². The van der Waals surface area contributed by atoms with Crippen LogP contribution in [0.5, 0.6) is 0 Å². The minimum absolute atomic E-state index is 0.120. The van der Waals surface area contributed by atoms with Crippen LogP contribution in [0.3, 0.4) is 0 Å². The zero-order chi connectivity index (χ0) is 10.3. The lowest BCUT2D eigenvalue weighted by molar-refractivity contribution is -0.129. The molecule has 2 heterocycles. The van der Waals surface area contributed by atoms with Gasteiger partial charge in [-0.1, -0.05) is 12.2 Å². The molecule has 2 aliphatic heterocycles. The number of carbonyl (C=O) groups is 1. The number of rotatable bonds is 0. The molecule has 0 aromatic carbocycles. The third-order valence-corrected chi connectivity index (χ3v) is 3.46. The molecular weight excluding hydrogens is 190 g/mol. The molecule has 0 saturated carbocycles. The first-order valence-corrected chi connectivity index (χ1v) is 5.59. The van der Waals surface area contributed by atoms with E-state index in [0.717, 1.165) is 25.9 Å². The second kappa shape index (κ2) is 3.45. The Morgan fingerprint density at radius 1 is 1.53 bits per heavy atom. The molecule has 0 radical (unpaired) electrons. The molecule has 0 spiro atoms. The molecule has 1 fully saturated rings. The van der Waals surface area contributed by atoms with Crippen molar-refractivity contribution < 1.29 is 4.79 Å². The molecule has 3 rings (SSSR count). The van der Waals surface area contributed by atoms with Crippen molar-refractivity contribution >= 4 is 12.1 Å². The average Bonchev–Trinajstić information content (AvgIpc) is 2.30. The molecule has 3 atom stereocenters. The highest BCUT2D eigenvalue weighted by atomic mass is 16.2. The molecule has 15 heavy (non-hydrogen) atoms. The van der Waals surface area contributed by atoms with Crippen molar-refractivity contribution in [2.75, 3.05) is 13.1 Å². The number of piperazine rings is 1. The number of aliphatic imine (C=N–C) groups is 1. The van der Waals surface area contributed by atoms with E-state index in [1.807, 2.05) is 0 Å². The lowest BCUT2D eigenvalue weighted by atomic mass is 9.90. The number of carbonyl (C=O) groups excluding carboxylic acids is 1. The largest absolute Gasteiger partial charge is 0.350 e. The fraction of sp³-hybridized carbons (Fsp3) is 0.636. The van der Waals surface area contributed by atoms with E-state index in [1.54, 1.807) is 6.21 Å². The van der Waals surface area contributed by atoms with Gasteiger partial charge in [-0.2, -0.15) is 0 Å². The minimum Gasteiger partial charge on any atom is -0.350 e. The van der Waals surface area contributed by atoms with Gasteiger partial charge in [0, 0.05) is 24.8 Å². The third kappa shape index (κ3) is 1.40. The molecule has 1 amide bonds. The van der Waals surface area contributed by atoms with Gasteiger partial charge in [0.2, 0.25) is 5.91 Å². The summed E-state index contributed by atoms with van der Waals surface area (Å²) in [7, 11) is 0. The van der Waals surface area contributed by atoms with Crippen molar-refractivity contribution in [3.05, 3.63) is 12.2 Å². The van der Waals surface area contributed by atoms with E-state index >= 15 is 0 Å². The second-order valence-corrected chi connectivity index (χ2v) is 4.35. The Morgan fingerprint density at radius 3 is 3.40 bits per heavy atom. The quantitative estimate of drug-likeness (QED) is 0.564. The molecule has 1 saturated heterocycles. The molecule has 0 aromatic rings. The Bertz CT molecular complexity index is 337. The Labute approximate surface area is 89.0 Å². The van der Waals surface area contributed by atoms with Gasteiger partial charge in [-0.05, 0) is 12.8 Å². The van der Waals surface area contributed by atoms with Crippen LogP contribution in [0.25, 0.3) is 0 Å². The van der Waals surface area contributed by atoms with Crippen LogP contribution in [0.2, 0.25) is 0 Å². The van der Waals surface area contributed by atoms with Crippen molar-refractivity contribution in [3.63, 3.8) is 0 Å². The van der Waals surface area contributed by atoms with Crippen molar-refractivity contribution in [2.45, 2.75) is 31.0 Å². The van der Waals surface area contributed by atoms with Crippen molar-refractivity contribution in [3.8, 4) is 0 Å². The molecule has 80 valence electrons. The fourth-order valence-corrected chi connectivity index (χ4v) is 2.71. The molecule has 0 aromatic heterocycles. The van der Waals surface area contributed by atoms with Crippen LogP contribution in [0.1, 0.15) is 12.8 Å². The summed E-state index contributed by atoms with van der Waals surface area (Å²) in [5.41, 5.74) is 0. The molecular formula is C11H15N3O. The van der Waals surface area contributed by atoms with Gasteiger partial charge in [-0.3, -0.25) is 14.7 Å². The van der Waals surface area contributed by atoms with Crippen molar-refractivity contribution in [2.24, 2.45) is 4.99 Å². The van der Waals surface area contributed by atoms with E-state index in [1.165, 1.54) is 0 Å². The van der Waals surface area contributed by atoms with Crippen molar-refractivity contribution in [1.29, 1.82) is 0 Å². The van der Waals surface area contributed by atoms with Gasteiger partial charge in [-0.25, -0.2) is 0 Å². The lowest BCUT2D eigenvalue weighted by Crippen LogP contribution is -2.67. The van der Waals surface area contributed by atoms with Crippen LogP contribution >= 0.6 is 0 Å². The van der Waals surface area contributed by atoms with Crippen LogP contribution in [-0.2, 0) is 4.79 Å². The Morgan fingerprint density at radius 2 is 2.47 bits per heavy atom. The van der Waals surface area contributed by atoms with E-state index in [4.69, 9.17) is 0 Å². The number of amides is 1. The number of nitrogens with one attached hydrogen (secondary N) is 1. The third-order valence-electron chi connectivity index (χ3n) is 3.46. The smallest absolute Gasteiger partial charge is 0.243 e. The van der Waals surface area contributed by atoms with E-state index in [9.17, 15) is 4.79 Å². The Hall–Kier alpha value is -1.16. The zero-order valence-corrected chi connectivity index (χ0v) is 8.60. The fourth-order valence-electron chi connectivity index (χ4n) is 2.71. The van der Waals surface area contributed by atoms with E-state index < -0.39 is 0 Å². The first-order chi connectivity index (χ1) is 7.36. The Kier molecular flexibility index (Phi) is 2.09. The SMILES string of the molecule is O=C1NC2CCC=CC2N2CCN=CC12. The molecule has 1 N–H and O–H groups in total. The predicted molar refractivity (Wildman–Crippen MR) is 57.9 cm³/mol. The van der Waals surface area contributed by atoms with E-state index in [-0.39, 0.29) is 11.9 Å². The van der Waals surface area contributed by atoms with Gasteiger partial charge >= 0.3 is 0 Å². The van der Waals surface area contributed by atoms with Gasteiger partial charge in [-0.15, -0.1) is 0 Å². The van der Waals surface area contributed by atoms with Crippen LogP contribution in [0.4, 0.5) is 0 Å². The normalized spacial score (nSPS) is 39.5. The monoisotopic (exact) mass is 205 g/mol. The summed E-state index contributed by atoms with van der Waals surface area (Å²) >= 11 is 0. The number of hydrogen-bond acceptors (Lipinski definition) is 3. The maximum Gasteiger partial charge on any atom is 0.243 e. The highest BCUT2D eigenvalue weighted by Gasteiger charge is 2.41. The molecule has 1 aliphatic carbocycles. The molecule has 3 unspecified atom stereocenters. The van der Waals surface area contributed by atoms with Crippen LogP contribution in [0.15, 0.2) is 17.1 Å². The highest BCUT2D eigenvalue weighted by Crippen LogP contribution is 2.24. The number of allylic oxidation sites excluding steroid dienone is 1. The van der Waals surface area contributed by atoms with E-state index in [2.05, 4.69) is 27.4 Å². The number of fused-ring (bicyclic) bond motifs is 3. The maximum atomic E-state index is 11.8. The first-order valence-electron chi connectivity index (χ1n) is 5.59. The minimum atomic E-state index is -0.136. The van der Waals surface area contributed by atoms with Crippen molar-refractivity contribution in [1.82, 2.24) is 10.2 Å². The average molecular weight is 205 g/mol. The van der Waals surface area contributed by atoms with Crippen LogP contribution in [-0.4, -0.2) is 48.2 Å². The summed E-state index contributed by atoms with van der Waals surface area (Å²) in [6.45, 7) is 1.72. The van der Waals surface area contributed by atoms with Crippen LogP contribution in [0, 0.1) is 0 Å². The molecule has 0 bridgehead atoms.